The second-order valence-electron chi connectivity index (χ2n) is 20.6. The number of carbonyl (C=O) groups excluding carboxylic acids is 3. The van der Waals surface area contributed by atoms with Crippen LogP contribution in [0.25, 0.3) is 0 Å². The van der Waals surface area contributed by atoms with Gasteiger partial charge in [0.25, 0.3) is 0 Å². The Bertz CT molecular complexity index is 1100. The van der Waals surface area contributed by atoms with Crippen LogP contribution >= 0.6 is 0 Å². The molecule has 0 spiro atoms. The summed E-state index contributed by atoms with van der Waals surface area (Å²) < 4.78 is 16.9. The number of hydrogen-bond donors (Lipinski definition) is 0. The van der Waals surface area contributed by atoms with Crippen LogP contribution in [0.5, 0.6) is 0 Å². The Morgan fingerprint density at radius 1 is 0.279 bits per heavy atom. The third-order valence-corrected chi connectivity index (χ3v) is 13.7. The van der Waals surface area contributed by atoms with Crippen LogP contribution in [-0.2, 0) is 28.6 Å². The molecular weight excluding hydrogens is 841 g/mol. The molecule has 0 heterocycles. The van der Waals surface area contributed by atoms with E-state index in [-0.39, 0.29) is 31.1 Å². The molecule has 0 N–H and O–H groups in total. The minimum Gasteiger partial charge on any atom is -0.462 e. The summed E-state index contributed by atoms with van der Waals surface area (Å²) >= 11 is 0. The topological polar surface area (TPSA) is 78.9 Å². The summed E-state index contributed by atoms with van der Waals surface area (Å²) in [5.74, 6) is -0.861. The molecule has 1 atom stereocenters. The highest BCUT2D eigenvalue weighted by molar-refractivity contribution is 5.71. The maximum Gasteiger partial charge on any atom is 0.306 e. The van der Waals surface area contributed by atoms with Gasteiger partial charge in [-0.3, -0.25) is 14.4 Å². The summed E-state index contributed by atoms with van der Waals surface area (Å²) in [6.45, 7) is 6.67. The number of rotatable bonds is 56. The van der Waals surface area contributed by atoms with E-state index in [2.05, 4.69) is 45.1 Å². The van der Waals surface area contributed by atoms with Crippen LogP contribution in [0.2, 0.25) is 0 Å². The monoisotopic (exact) mass is 957 g/mol. The van der Waals surface area contributed by atoms with Crippen molar-refractivity contribution in [3.05, 3.63) is 24.3 Å². The van der Waals surface area contributed by atoms with Crippen LogP contribution in [0.3, 0.4) is 0 Å². The Kier molecular flexibility index (Phi) is 55.7. The van der Waals surface area contributed by atoms with Gasteiger partial charge in [0.1, 0.15) is 13.2 Å². The third-order valence-electron chi connectivity index (χ3n) is 13.7. The number of hydrogen-bond acceptors (Lipinski definition) is 6. The van der Waals surface area contributed by atoms with E-state index in [1.54, 1.807) is 0 Å². The summed E-state index contributed by atoms with van der Waals surface area (Å²) in [7, 11) is 0. The van der Waals surface area contributed by atoms with E-state index in [0.717, 1.165) is 64.2 Å². The molecule has 400 valence electrons. The van der Waals surface area contributed by atoms with Crippen molar-refractivity contribution in [3.63, 3.8) is 0 Å². The lowest BCUT2D eigenvalue weighted by atomic mass is 10.0. The van der Waals surface area contributed by atoms with Crippen molar-refractivity contribution in [2.45, 2.75) is 341 Å². The van der Waals surface area contributed by atoms with Crippen LogP contribution in [0.15, 0.2) is 24.3 Å². The molecule has 6 nitrogen and oxygen atoms in total. The molecule has 0 aromatic carbocycles. The maximum absolute atomic E-state index is 12.9. The maximum atomic E-state index is 12.9. The quantitative estimate of drug-likeness (QED) is 0.0262. The van der Waals surface area contributed by atoms with Gasteiger partial charge in [0.15, 0.2) is 6.10 Å². The Morgan fingerprint density at radius 3 is 0.735 bits per heavy atom. The Balaban J connectivity index is 4.33. The largest absolute Gasteiger partial charge is 0.462 e. The zero-order chi connectivity index (χ0) is 49.3. The molecule has 0 aliphatic heterocycles. The summed E-state index contributed by atoms with van der Waals surface area (Å²) in [4.78, 5) is 38.2. The number of esters is 3. The summed E-state index contributed by atoms with van der Waals surface area (Å²) in [6, 6.07) is 0. The first-order valence-corrected chi connectivity index (χ1v) is 30.3. The highest BCUT2D eigenvalue weighted by Gasteiger charge is 2.19. The van der Waals surface area contributed by atoms with Crippen LogP contribution in [0.1, 0.15) is 335 Å². The van der Waals surface area contributed by atoms with Crippen molar-refractivity contribution in [1.82, 2.24) is 0 Å². The Hall–Kier alpha value is -2.11. The molecule has 0 bridgehead atoms. The first kappa shape index (κ1) is 65.9. The molecule has 6 heteroatoms. The third kappa shape index (κ3) is 54.8. The molecule has 0 saturated heterocycles. The van der Waals surface area contributed by atoms with Gasteiger partial charge in [-0.2, -0.15) is 0 Å². The van der Waals surface area contributed by atoms with Gasteiger partial charge in [0, 0.05) is 19.3 Å². The molecular formula is C62H116O6. The van der Waals surface area contributed by atoms with E-state index in [9.17, 15) is 14.4 Å². The van der Waals surface area contributed by atoms with Gasteiger partial charge in [-0.25, -0.2) is 0 Å². The summed E-state index contributed by atoms with van der Waals surface area (Å²) in [5.41, 5.74) is 0. The fourth-order valence-electron chi connectivity index (χ4n) is 9.08. The van der Waals surface area contributed by atoms with Crippen molar-refractivity contribution >= 4 is 17.9 Å². The van der Waals surface area contributed by atoms with Gasteiger partial charge in [-0.15, -0.1) is 0 Å². The molecule has 0 radical (unpaired) electrons. The molecule has 0 aliphatic rings. The van der Waals surface area contributed by atoms with E-state index in [1.165, 1.54) is 231 Å². The van der Waals surface area contributed by atoms with E-state index < -0.39 is 6.10 Å². The normalized spacial score (nSPS) is 12.1. The fourth-order valence-corrected chi connectivity index (χ4v) is 9.08. The van der Waals surface area contributed by atoms with Crippen molar-refractivity contribution in [2.75, 3.05) is 13.2 Å². The summed E-state index contributed by atoms with van der Waals surface area (Å²) in [5, 5.41) is 0. The van der Waals surface area contributed by atoms with Gasteiger partial charge in [0.05, 0.1) is 0 Å². The predicted molar refractivity (Wildman–Crippen MR) is 293 cm³/mol. The number of unbranched alkanes of at least 4 members (excludes halogenated alkanes) is 41. The molecule has 0 aliphatic carbocycles. The highest BCUT2D eigenvalue weighted by Crippen LogP contribution is 2.17. The minimum atomic E-state index is -0.773. The molecule has 0 fully saturated rings. The summed E-state index contributed by atoms with van der Waals surface area (Å²) in [6.07, 6.45) is 67.4. The van der Waals surface area contributed by atoms with Crippen molar-refractivity contribution in [3.8, 4) is 0 Å². The van der Waals surface area contributed by atoms with Crippen molar-refractivity contribution in [2.24, 2.45) is 0 Å². The van der Waals surface area contributed by atoms with E-state index in [4.69, 9.17) is 14.2 Å². The number of allylic oxidation sites excluding steroid dienone is 4. The van der Waals surface area contributed by atoms with E-state index in [0.29, 0.717) is 19.3 Å². The molecule has 1 unspecified atom stereocenters. The smallest absolute Gasteiger partial charge is 0.306 e. The van der Waals surface area contributed by atoms with Gasteiger partial charge in [-0.05, 0) is 70.6 Å². The Labute approximate surface area is 423 Å². The zero-order valence-electron chi connectivity index (χ0n) is 45.9. The average Bonchev–Trinajstić information content (AvgIpc) is 3.34. The van der Waals surface area contributed by atoms with Crippen molar-refractivity contribution < 1.29 is 28.6 Å². The molecule has 68 heavy (non-hydrogen) atoms. The van der Waals surface area contributed by atoms with Crippen molar-refractivity contribution in [1.29, 1.82) is 0 Å². The minimum absolute atomic E-state index is 0.0717. The van der Waals surface area contributed by atoms with Crippen LogP contribution in [0, 0.1) is 0 Å². The second kappa shape index (κ2) is 57.5. The Morgan fingerprint density at radius 2 is 0.485 bits per heavy atom. The van der Waals surface area contributed by atoms with Crippen LogP contribution in [0.4, 0.5) is 0 Å². The molecule has 0 aromatic heterocycles. The lowest BCUT2D eigenvalue weighted by Gasteiger charge is -2.18. The molecule has 0 rings (SSSR count). The predicted octanol–water partition coefficient (Wildman–Crippen LogP) is 20.3. The van der Waals surface area contributed by atoms with E-state index >= 15 is 0 Å². The standard InChI is InChI=1S/C62H116O6/c1-4-7-10-13-16-19-22-25-28-30-32-34-37-40-43-46-49-52-55-61(64)67-58-59(57-66-60(63)54-51-48-45-42-39-36-27-24-21-18-15-12-9-6-3)68-62(65)56-53-50-47-44-41-38-35-33-31-29-26-23-20-17-14-11-8-5-2/h24,27-28,30,59H,4-23,25-26,29,31-58H2,1-3H3/b27-24-,30-28-. The average molecular weight is 958 g/mol. The highest BCUT2D eigenvalue weighted by atomic mass is 16.6. The fraction of sp³-hybridized carbons (Fsp3) is 0.887. The first-order chi connectivity index (χ1) is 33.5. The second-order valence-corrected chi connectivity index (χ2v) is 20.6. The lowest BCUT2D eigenvalue weighted by molar-refractivity contribution is -0.167. The van der Waals surface area contributed by atoms with Crippen LogP contribution < -0.4 is 0 Å². The molecule has 0 amide bonds. The van der Waals surface area contributed by atoms with Gasteiger partial charge >= 0.3 is 17.9 Å². The zero-order valence-corrected chi connectivity index (χ0v) is 45.9. The first-order valence-electron chi connectivity index (χ1n) is 30.3. The molecule has 0 aromatic rings. The van der Waals surface area contributed by atoms with Gasteiger partial charge in [0.2, 0.25) is 0 Å². The van der Waals surface area contributed by atoms with Gasteiger partial charge in [-0.1, -0.05) is 270 Å². The van der Waals surface area contributed by atoms with E-state index in [1.807, 2.05) is 0 Å². The van der Waals surface area contributed by atoms with Gasteiger partial charge < -0.3 is 14.2 Å². The lowest BCUT2D eigenvalue weighted by Crippen LogP contribution is -2.30. The molecule has 0 saturated carbocycles. The number of ether oxygens (including phenoxy) is 3. The number of carbonyl (C=O) groups is 3. The SMILES string of the molecule is CCCCCCC/C=C\CCCCCCCC(=O)OCC(COC(=O)CCCCCCCCC/C=C\CCCCCCCCC)OC(=O)CCCCCCCCCCCCCCCCCCCC. The van der Waals surface area contributed by atoms with Crippen LogP contribution in [-0.4, -0.2) is 37.2 Å².